The van der Waals surface area contributed by atoms with E-state index in [2.05, 4.69) is 15.4 Å². The molecule has 0 aromatic carbocycles. The van der Waals surface area contributed by atoms with Gasteiger partial charge in [-0.3, -0.25) is 10.8 Å². The molecule has 6 nitrogen and oxygen atoms in total. The number of aryl methyl sites for hydroxylation is 1. The van der Waals surface area contributed by atoms with Gasteiger partial charge in [0.05, 0.1) is 19.4 Å². The monoisotopic (exact) mass is 248 g/mol. The molecule has 0 aliphatic rings. The molecule has 0 aliphatic heterocycles. The summed E-state index contributed by atoms with van der Waals surface area (Å²) >= 11 is 0. The van der Waals surface area contributed by atoms with Gasteiger partial charge in [0.15, 0.2) is 0 Å². The normalized spacial score (nSPS) is 12.4. The van der Waals surface area contributed by atoms with Crippen LogP contribution >= 0.6 is 0 Å². The van der Waals surface area contributed by atoms with Crippen molar-refractivity contribution in [1.29, 1.82) is 0 Å². The van der Waals surface area contributed by atoms with Crippen molar-refractivity contribution < 1.29 is 9.15 Å². The van der Waals surface area contributed by atoms with Crippen LogP contribution in [0.1, 0.15) is 30.0 Å². The zero-order valence-electron chi connectivity index (χ0n) is 10.4. The lowest BCUT2D eigenvalue weighted by Crippen LogP contribution is -2.30. The van der Waals surface area contributed by atoms with Crippen molar-refractivity contribution >= 4 is 0 Å². The standard InChI is InChI=1S/C12H16N4O2/c1-3-9-8(4-7-18-9)10(16-13)11-12(17-2)15-6-5-14-11/h4-7,10,16H,3,13H2,1-2H3. The van der Waals surface area contributed by atoms with Crippen LogP contribution in [0.4, 0.5) is 0 Å². The Balaban J connectivity index is 2.45. The molecule has 1 unspecified atom stereocenters. The molecule has 96 valence electrons. The van der Waals surface area contributed by atoms with E-state index in [-0.39, 0.29) is 6.04 Å². The summed E-state index contributed by atoms with van der Waals surface area (Å²) < 4.78 is 10.6. The Morgan fingerprint density at radius 2 is 2.22 bits per heavy atom. The van der Waals surface area contributed by atoms with Gasteiger partial charge in [-0.25, -0.2) is 10.4 Å². The number of nitrogens with two attached hydrogens (primary N) is 1. The van der Waals surface area contributed by atoms with Crippen LogP contribution in [0.2, 0.25) is 0 Å². The van der Waals surface area contributed by atoms with E-state index >= 15 is 0 Å². The molecular formula is C12H16N4O2. The lowest BCUT2D eigenvalue weighted by molar-refractivity contribution is 0.382. The van der Waals surface area contributed by atoms with Gasteiger partial charge in [0.25, 0.3) is 0 Å². The number of methoxy groups -OCH3 is 1. The van der Waals surface area contributed by atoms with E-state index in [1.807, 2.05) is 13.0 Å². The highest BCUT2D eigenvalue weighted by molar-refractivity contribution is 5.34. The second kappa shape index (κ2) is 5.61. The molecule has 0 aliphatic carbocycles. The Bertz CT molecular complexity index is 512. The quantitative estimate of drug-likeness (QED) is 0.610. The van der Waals surface area contributed by atoms with Crippen molar-refractivity contribution in [2.24, 2.45) is 5.84 Å². The highest BCUT2D eigenvalue weighted by Crippen LogP contribution is 2.28. The summed E-state index contributed by atoms with van der Waals surface area (Å²) in [5.41, 5.74) is 4.31. The Morgan fingerprint density at radius 1 is 1.44 bits per heavy atom. The third-order valence-electron chi connectivity index (χ3n) is 2.74. The van der Waals surface area contributed by atoms with Gasteiger partial charge in [0.2, 0.25) is 5.88 Å². The highest BCUT2D eigenvalue weighted by atomic mass is 16.5. The van der Waals surface area contributed by atoms with Gasteiger partial charge in [0.1, 0.15) is 11.5 Å². The summed E-state index contributed by atoms with van der Waals surface area (Å²) in [4.78, 5) is 8.40. The molecule has 6 heteroatoms. The van der Waals surface area contributed by atoms with Gasteiger partial charge in [0, 0.05) is 24.4 Å². The summed E-state index contributed by atoms with van der Waals surface area (Å²) in [5.74, 6) is 6.94. The van der Waals surface area contributed by atoms with E-state index in [1.165, 1.54) is 0 Å². The molecule has 0 radical (unpaired) electrons. The topological polar surface area (TPSA) is 86.2 Å². The van der Waals surface area contributed by atoms with Gasteiger partial charge < -0.3 is 9.15 Å². The number of aromatic nitrogens is 2. The number of hydrogen-bond donors (Lipinski definition) is 2. The molecule has 3 N–H and O–H groups in total. The van der Waals surface area contributed by atoms with Crippen LogP contribution in [0.15, 0.2) is 29.1 Å². The Labute approximate surface area is 105 Å². The number of nitrogens with one attached hydrogen (secondary N) is 1. The molecule has 1 atom stereocenters. The SMILES string of the molecule is CCc1occc1C(NN)c1nccnc1OC. The Morgan fingerprint density at radius 3 is 2.89 bits per heavy atom. The number of rotatable bonds is 5. The van der Waals surface area contributed by atoms with Crippen LogP contribution < -0.4 is 16.0 Å². The van der Waals surface area contributed by atoms with Crippen molar-refractivity contribution in [2.45, 2.75) is 19.4 Å². The third kappa shape index (κ3) is 2.20. The molecule has 0 bridgehead atoms. The first-order valence-corrected chi connectivity index (χ1v) is 5.69. The predicted molar refractivity (Wildman–Crippen MR) is 65.8 cm³/mol. The maximum absolute atomic E-state index is 5.63. The molecule has 0 saturated heterocycles. The fourth-order valence-electron chi connectivity index (χ4n) is 1.90. The summed E-state index contributed by atoms with van der Waals surface area (Å²) in [6.07, 6.45) is 5.60. The molecule has 2 aromatic heterocycles. The maximum Gasteiger partial charge on any atom is 0.237 e. The lowest BCUT2D eigenvalue weighted by Gasteiger charge is -2.16. The molecule has 2 rings (SSSR count). The average molecular weight is 248 g/mol. The third-order valence-corrected chi connectivity index (χ3v) is 2.74. The van der Waals surface area contributed by atoms with E-state index in [0.717, 1.165) is 17.7 Å². The van der Waals surface area contributed by atoms with Crippen LogP contribution in [-0.4, -0.2) is 17.1 Å². The fourth-order valence-corrected chi connectivity index (χ4v) is 1.90. The minimum Gasteiger partial charge on any atom is -0.480 e. The average Bonchev–Trinajstić information content (AvgIpc) is 2.88. The predicted octanol–water partition coefficient (Wildman–Crippen LogP) is 1.19. The summed E-state index contributed by atoms with van der Waals surface area (Å²) in [6.45, 7) is 2.02. The Hall–Kier alpha value is -1.92. The summed E-state index contributed by atoms with van der Waals surface area (Å²) in [6, 6.07) is 1.57. The Kier molecular flexibility index (Phi) is 3.91. The van der Waals surface area contributed by atoms with E-state index < -0.39 is 0 Å². The minimum atomic E-state index is -0.303. The maximum atomic E-state index is 5.63. The number of furan rings is 1. The smallest absolute Gasteiger partial charge is 0.237 e. The van der Waals surface area contributed by atoms with Gasteiger partial charge in [-0.1, -0.05) is 6.92 Å². The number of ether oxygens (including phenoxy) is 1. The molecule has 2 aromatic rings. The van der Waals surface area contributed by atoms with Crippen LogP contribution in [0.5, 0.6) is 5.88 Å². The van der Waals surface area contributed by atoms with Crippen LogP contribution in [0.3, 0.4) is 0 Å². The molecular weight excluding hydrogens is 232 g/mol. The number of hydrogen-bond acceptors (Lipinski definition) is 6. The van der Waals surface area contributed by atoms with E-state index in [0.29, 0.717) is 11.6 Å². The number of hydrazine groups is 1. The van der Waals surface area contributed by atoms with Gasteiger partial charge in [-0.2, -0.15) is 0 Å². The van der Waals surface area contributed by atoms with Crippen LogP contribution in [-0.2, 0) is 6.42 Å². The van der Waals surface area contributed by atoms with Crippen molar-refractivity contribution in [1.82, 2.24) is 15.4 Å². The van der Waals surface area contributed by atoms with Crippen molar-refractivity contribution in [2.75, 3.05) is 7.11 Å². The van der Waals surface area contributed by atoms with Crippen molar-refractivity contribution in [3.8, 4) is 5.88 Å². The van der Waals surface area contributed by atoms with E-state index in [1.54, 1.807) is 25.8 Å². The van der Waals surface area contributed by atoms with Crippen LogP contribution in [0, 0.1) is 0 Å². The first-order valence-electron chi connectivity index (χ1n) is 5.69. The summed E-state index contributed by atoms with van der Waals surface area (Å²) in [7, 11) is 1.55. The minimum absolute atomic E-state index is 0.303. The second-order valence-electron chi connectivity index (χ2n) is 3.70. The zero-order chi connectivity index (χ0) is 13.0. The van der Waals surface area contributed by atoms with Gasteiger partial charge in [-0.15, -0.1) is 0 Å². The van der Waals surface area contributed by atoms with Crippen molar-refractivity contribution in [3.63, 3.8) is 0 Å². The lowest BCUT2D eigenvalue weighted by atomic mass is 10.0. The fraction of sp³-hybridized carbons (Fsp3) is 0.333. The molecule has 0 spiro atoms. The van der Waals surface area contributed by atoms with Gasteiger partial charge in [-0.05, 0) is 6.07 Å². The van der Waals surface area contributed by atoms with E-state index in [9.17, 15) is 0 Å². The van der Waals surface area contributed by atoms with Crippen LogP contribution in [0.25, 0.3) is 0 Å². The van der Waals surface area contributed by atoms with Crippen molar-refractivity contribution in [3.05, 3.63) is 41.7 Å². The first kappa shape index (κ1) is 12.5. The zero-order valence-corrected chi connectivity index (χ0v) is 10.4. The van der Waals surface area contributed by atoms with Gasteiger partial charge >= 0.3 is 0 Å². The highest BCUT2D eigenvalue weighted by Gasteiger charge is 2.23. The second-order valence-corrected chi connectivity index (χ2v) is 3.70. The molecule has 2 heterocycles. The first-order chi connectivity index (χ1) is 8.81. The number of nitrogens with zero attached hydrogens (tertiary/aromatic N) is 2. The largest absolute Gasteiger partial charge is 0.480 e. The molecule has 18 heavy (non-hydrogen) atoms. The van der Waals surface area contributed by atoms with E-state index in [4.69, 9.17) is 15.0 Å². The molecule has 0 fully saturated rings. The molecule has 0 saturated carbocycles. The summed E-state index contributed by atoms with van der Waals surface area (Å²) in [5, 5.41) is 0. The molecule has 0 amide bonds.